The van der Waals surface area contributed by atoms with E-state index in [4.69, 9.17) is 0 Å². The first-order valence-electron chi connectivity index (χ1n) is 11.8. The van der Waals surface area contributed by atoms with Gasteiger partial charge in [0.05, 0.1) is 0 Å². The van der Waals surface area contributed by atoms with Crippen molar-refractivity contribution in [2.75, 3.05) is 0 Å². The summed E-state index contributed by atoms with van der Waals surface area (Å²) in [7, 11) is 0. The number of rotatable bonds is 2. The topological polar surface area (TPSA) is 0 Å². The number of benzene rings is 4. The molecule has 4 aromatic rings. The van der Waals surface area contributed by atoms with Gasteiger partial charge in [-0.15, -0.1) is 48.8 Å². The molecule has 194 valence electrons. The van der Waals surface area contributed by atoms with Crippen LogP contribution in [0, 0.1) is 24.3 Å². The van der Waals surface area contributed by atoms with Crippen LogP contribution in [-0.2, 0) is 21.6 Å². The summed E-state index contributed by atoms with van der Waals surface area (Å²) in [5.74, 6) is 0. The minimum absolute atomic E-state index is 0. The molecule has 2 aliphatic rings. The van der Waals surface area contributed by atoms with Crippen LogP contribution in [0.15, 0.2) is 146 Å². The fourth-order valence-corrected chi connectivity index (χ4v) is 3.14. The Bertz CT molecular complexity index is 1040. The van der Waals surface area contributed by atoms with Gasteiger partial charge in [0.15, 0.2) is 0 Å². The predicted octanol–water partition coefficient (Wildman–Crippen LogP) is 8.56. The third-order valence-electron chi connectivity index (χ3n) is 4.82. The molecule has 4 heteroatoms. The largest absolute Gasteiger partial charge is 0.184 e. The number of halogens is 2. The van der Waals surface area contributed by atoms with E-state index in [2.05, 4.69) is 97.1 Å². The second-order valence-corrected chi connectivity index (χ2v) is 7.31. The second-order valence-electron chi connectivity index (χ2n) is 7.31. The van der Waals surface area contributed by atoms with Gasteiger partial charge in [0.1, 0.15) is 0 Å². The molecule has 0 fully saturated rings. The Morgan fingerprint density at radius 1 is 0.474 bits per heavy atom. The van der Waals surface area contributed by atoms with E-state index in [9.17, 15) is 0 Å². The van der Waals surface area contributed by atoms with Gasteiger partial charge < -0.3 is 0 Å². The van der Waals surface area contributed by atoms with Crippen molar-refractivity contribution in [1.82, 2.24) is 0 Å². The Labute approximate surface area is 261 Å². The molecule has 0 radical (unpaired) electrons. The summed E-state index contributed by atoms with van der Waals surface area (Å²) in [6.07, 6.45) is 16.7. The maximum atomic E-state index is 3.15. The van der Waals surface area contributed by atoms with Crippen molar-refractivity contribution in [3.05, 3.63) is 181 Å². The molecule has 0 heterocycles. The van der Waals surface area contributed by atoms with E-state index >= 15 is 0 Å². The second kappa shape index (κ2) is 25.1. The van der Waals surface area contributed by atoms with E-state index in [1.54, 1.807) is 21.6 Å². The van der Waals surface area contributed by atoms with Crippen molar-refractivity contribution in [2.24, 2.45) is 0 Å². The van der Waals surface area contributed by atoms with Gasteiger partial charge in [0.2, 0.25) is 0 Å². The maximum absolute atomic E-state index is 3.15. The molecule has 4 aromatic carbocycles. The average molecular weight is 675 g/mol. The van der Waals surface area contributed by atoms with Crippen LogP contribution in [0.2, 0.25) is 0 Å². The van der Waals surface area contributed by atoms with Crippen LogP contribution >= 0.6 is 24.8 Å². The van der Waals surface area contributed by atoms with Gasteiger partial charge in [-0.2, -0.15) is 96.1 Å². The van der Waals surface area contributed by atoms with Crippen LogP contribution in [0.1, 0.15) is 24.0 Å². The van der Waals surface area contributed by atoms with E-state index in [0.29, 0.717) is 0 Å². The van der Waals surface area contributed by atoms with Crippen molar-refractivity contribution in [1.29, 1.82) is 0 Å². The standard InChI is InChI=1S/2C11H9.2C6H5.2ClH.GeH2.Zr/c2*1-2-6-10(7-3-1)11-8-4-5-9-11;2*1-2-4-6-5-3-1;;;;/h2*1-3,6-9H,4H2;2*1-5H;2*1H;1H2;/q4*-1;;;;. The zero-order valence-electron chi connectivity index (χ0n) is 21.3. The van der Waals surface area contributed by atoms with Crippen molar-refractivity contribution in [2.45, 2.75) is 12.8 Å². The van der Waals surface area contributed by atoms with Crippen LogP contribution in [-0.4, -0.2) is 12.1 Å². The van der Waals surface area contributed by atoms with Crippen LogP contribution in [0.25, 0.3) is 11.1 Å². The van der Waals surface area contributed by atoms with Crippen molar-refractivity contribution in [3.63, 3.8) is 0 Å². The van der Waals surface area contributed by atoms with Crippen LogP contribution < -0.4 is 0 Å². The van der Waals surface area contributed by atoms with E-state index in [1.807, 2.05) is 72.8 Å². The van der Waals surface area contributed by atoms with Crippen LogP contribution in [0.5, 0.6) is 0 Å². The Kier molecular flexibility index (Phi) is 23.7. The summed E-state index contributed by atoms with van der Waals surface area (Å²) in [6, 6.07) is 45.8. The molecular weight excluding hydrogens is 643 g/mol. The molecule has 0 bridgehead atoms. The SMILES string of the molecule is Cl.Cl.[C-]1=CC(c2ccccc2)=CC1.[C-]1=CC(c2ccccc2)=CC1.[GeH2]=[Zr].[c-]1ccccc1.[c-]1ccccc1. The number of hydrogen-bond acceptors (Lipinski definition) is 0. The molecule has 38 heavy (non-hydrogen) atoms. The molecule has 0 saturated heterocycles. The van der Waals surface area contributed by atoms with E-state index in [1.165, 1.54) is 34.4 Å². The Morgan fingerprint density at radius 2 is 0.789 bits per heavy atom. The average Bonchev–Trinajstić information content (AvgIpc) is 3.74. The fraction of sp³-hybridized carbons (Fsp3) is 0.0588. The monoisotopic (exact) mass is 674 g/mol. The minimum atomic E-state index is 0. The first kappa shape index (κ1) is 35.8. The molecule has 0 amide bonds. The summed E-state index contributed by atoms with van der Waals surface area (Å²) in [4.78, 5) is 0. The summed E-state index contributed by atoms with van der Waals surface area (Å²) < 4.78 is 0. The molecule has 2 aliphatic carbocycles. The Morgan fingerprint density at radius 3 is 1.00 bits per heavy atom. The van der Waals surface area contributed by atoms with Crippen molar-refractivity contribution in [3.8, 4) is 0 Å². The first-order chi connectivity index (χ1) is 17.9. The first-order valence-corrected chi connectivity index (χ1v) is 22.3. The Balaban J connectivity index is 0.000000478. The van der Waals surface area contributed by atoms with E-state index in [-0.39, 0.29) is 24.8 Å². The van der Waals surface area contributed by atoms with E-state index in [0.717, 1.165) is 12.8 Å². The minimum Gasteiger partial charge on any atom is -0.184 e. The van der Waals surface area contributed by atoms with Crippen molar-refractivity contribution >= 4 is 48.1 Å². The van der Waals surface area contributed by atoms with Gasteiger partial charge >= 0.3 is 33.7 Å². The van der Waals surface area contributed by atoms with Crippen LogP contribution in [0.4, 0.5) is 0 Å². The molecule has 0 unspecified atom stereocenters. The zero-order valence-corrected chi connectivity index (χ0v) is 28.4. The molecule has 0 nitrogen and oxygen atoms in total. The van der Waals surface area contributed by atoms with Gasteiger partial charge in [0, 0.05) is 0 Å². The molecule has 0 aromatic heterocycles. The molecule has 6 rings (SSSR count). The summed E-state index contributed by atoms with van der Waals surface area (Å²) in [5, 5.41) is 0. The molecule has 0 saturated carbocycles. The third-order valence-corrected chi connectivity index (χ3v) is 4.82. The quantitative estimate of drug-likeness (QED) is 0.148. The van der Waals surface area contributed by atoms with Gasteiger partial charge in [-0.3, -0.25) is 12.2 Å². The molecule has 0 N–H and O–H groups in total. The summed E-state index contributed by atoms with van der Waals surface area (Å²) in [6.45, 7) is 0. The van der Waals surface area contributed by atoms with Gasteiger partial charge in [-0.05, 0) is 0 Å². The fourth-order valence-electron chi connectivity index (χ4n) is 3.14. The van der Waals surface area contributed by atoms with Gasteiger partial charge in [-0.25, -0.2) is 12.2 Å². The van der Waals surface area contributed by atoms with Gasteiger partial charge in [0.25, 0.3) is 0 Å². The normalized spacial score (nSPS) is 11.3. The predicted molar refractivity (Wildman–Crippen MR) is 167 cm³/mol. The molecule has 0 spiro atoms. The maximum Gasteiger partial charge on any atom is -0.171 e. The molecule has 0 aliphatic heterocycles. The molecule has 0 atom stereocenters. The zero-order chi connectivity index (χ0) is 25.5. The third kappa shape index (κ3) is 16.0. The Hall–Kier alpha value is -2.15. The number of hydrogen-bond donors (Lipinski definition) is 0. The summed E-state index contributed by atoms with van der Waals surface area (Å²) in [5.41, 5.74) is 5.17. The molecular formula is C34H32Cl2GeZr-4. The smallest absolute Gasteiger partial charge is 0.171 e. The van der Waals surface area contributed by atoms with E-state index < -0.39 is 0 Å². The number of allylic oxidation sites excluding steroid dienone is 8. The van der Waals surface area contributed by atoms with Crippen LogP contribution in [0.3, 0.4) is 0 Å². The van der Waals surface area contributed by atoms with Crippen molar-refractivity contribution < 1.29 is 21.6 Å². The summed E-state index contributed by atoms with van der Waals surface area (Å²) >= 11 is 3.14. The van der Waals surface area contributed by atoms with Gasteiger partial charge in [-0.1, -0.05) is 60.7 Å².